The number of thioether (sulfide) groups is 1. The summed E-state index contributed by atoms with van der Waals surface area (Å²) in [6.07, 6.45) is 0. The Kier molecular flexibility index (Phi) is 6.74. The van der Waals surface area contributed by atoms with Gasteiger partial charge in [-0.05, 0) is 64.0 Å². The number of carbonyl (C=O) groups is 1. The summed E-state index contributed by atoms with van der Waals surface area (Å²) >= 11 is 11.1. The predicted octanol–water partition coefficient (Wildman–Crippen LogP) is 6.61. The quantitative estimate of drug-likeness (QED) is 0.365. The van der Waals surface area contributed by atoms with Crippen LogP contribution in [0.15, 0.2) is 65.1 Å². The number of hydrogen-bond donors (Lipinski definition) is 0. The molecule has 3 aromatic carbocycles. The SMILES string of the molecule is COc1cc([C@H]2SCC(=O)N2c2ccc(Cl)cc2)cc(Br)c1OCc1ccccc1F. The van der Waals surface area contributed by atoms with Crippen molar-refractivity contribution in [3.63, 3.8) is 0 Å². The van der Waals surface area contributed by atoms with Crippen LogP contribution in [0.5, 0.6) is 11.5 Å². The third-order valence-corrected chi connectivity index (χ3v) is 6.89. The van der Waals surface area contributed by atoms with Crippen molar-refractivity contribution in [1.29, 1.82) is 0 Å². The fraction of sp³-hybridized carbons (Fsp3) is 0.174. The molecule has 0 radical (unpaired) electrons. The van der Waals surface area contributed by atoms with Gasteiger partial charge in [-0.15, -0.1) is 11.8 Å². The number of amides is 1. The highest BCUT2D eigenvalue weighted by molar-refractivity contribution is 9.10. The Hall–Kier alpha value is -2.22. The average molecular weight is 523 g/mol. The van der Waals surface area contributed by atoms with Crippen LogP contribution in [-0.4, -0.2) is 18.8 Å². The monoisotopic (exact) mass is 521 g/mol. The molecule has 4 rings (SSSR count). The molecule has 0 N–H and O–H groups in total. The molecule has 0 aromatic heterocycles. The number of carbonyl (C=O) groups excluding carboxylic acids is 1. The lowest BCUT2D eigenvalue weighted by Gasteiger charge is -2.25. The fourth-order valence-electron chi connectivity index (χ4n) is 3.34. The molecule has 0 bridgehead atoms. The van der Waals surface area contributed by atoms with Crippen molar-refractivity contribution in [3.05, 3.63) is 87.1 Å². The Morgan fingerprint density at radius 2 is 1.94 bits per heavy atom. The highest BCUT2D eigenvalue weighted by Crippen LogP contribution is 2.46. The summed E-state index contributed by atoms with van der Waals surface area (Å²) in [5.74, 6) is 1.04. The first-order chi connectivity index (χ1) is 15.0. The highest BCUT2D eigenvalue weighted by Gasteiger charge is 2.35. The van der Waals surface area contributed by atoms with Crippen molar-refractivity contribution in [2.75, 3.05) is 17.8 Å². The van der Waals surface area contributed by atoms with Gasteiger partial charge >= 0.3 is 0 Å². The van der Waals surface area contributed by atoms with Crippen molar-refractivity contribution in [2.45, 2.75) is 12.0 Å². The standard InChI is InChI=1S/C23H18BrClFNO3S/c1-29-20-11-15(10-18(24)22(20)30-12-14-4-2-3-5-19(14)26)23-27(21(28)13-31-23)17-8-6-16(25)7-9-17/h2-11,23H,12-13H2,1H3/t23-/m1/s1. The topological polar surface area (TPSA) is 38.8 Å². The number of methoxy groups -OCH3 is 1. The third-order valence-electron chi connectivity index (χ3n) is 4.84. The van der Waals surface area contributed by atoms with Gasteiger partial charge in [0.25, 0.3) is 0 Å². The first-order valence-corrected chi connectivity index (χ1v) is 11.6. The van der Waals surface area contributed by atoms with Crippen molar-refractivity contribution in [2.24, 2.45) is 0 Å². The van der Waals surface area contributed by atoms with Gasteiger partial charge in [0.1, 0.15) is 17.8 Å². The molecule has 31 heavy (non-hydrogen) atoms. The summed E-state index contributed by atoms with van der Waals surface area (Å²) in [5, 5.41) is 0.389. The predicted molar refractivity (Wildman–Crippen MR) is 126 cm³/mol. The largest absolute Gasteiger partial charge is 0.493 e. The van der Waals surface area contributed by atoms with Gasteiger partial charge in [-0.3, -0.25) is 9.69 Å². The summed E-state index contributed by atoms with van der Waals surface area (Å²) in [7, 11) is 1.55. The summed E-state index contributed by atoms with van der Waals surface area (Å²) < 4.78 is 26.0. The molecule has 3 aromatic rings. The maximum Gasteiger partial charge on any atom is 0.238 e. The summed E-state index contributed by atoms with van der Waals surface area (Å²) in [6.45, 7) is 0.0640. The molecule has 1 heterocycles. The lowest BCUT2D eigenvalue weighted by atomic mass is 10.1. The van der Waals surface area contributed by atoms with E-state index in [4.69, 9.17) is 21.1 Å². The van der Waals surface area contributed by atoms with Crippen molar-refractivity contribution < 1.29 is 18.7 Å². The maximum absolute atomic E-state index is 13.9. The van der Waals surface area contributed by atoms with Gasteiger partial charge in [-0.25, -0.2) is 4.39 Å². The van der Waals surface area contributed by atoms with Crippen LogP contribution in [0.3, 0.4) is 0 Å². The summed E-state index contributed by atoms with van der Waals surface area (Å²) in [5.41, 5.74) is 2.11. The van der Waals surface area contributed by atoms with Crippen LogP contribution in [0.4, 0.5) is 10.1 Å². The van der Waals surface area contributed by atoms with E-state index < -0.39 is 0 Å². The van der Waals surface area contributed by atoms with Crippen LogP contribution >= 0.6 is 39.3 Å². The second kappa shape index (κ2) is 9.51. The van der Waals surface area contributed by atoms with Gasteiger partial charge in [0.15, 0.2) is 11.5 Å². The number of halogens is 3. The van der Waals surface area contributed by atoms with Crippen LogP contribution in [-0.2, 0) is 11.4 Å². The molecule has 0 saturated carbocycles. The van der Waals surface area contributed by atoms with Gasteiger partial charge in [0.05, 0.1) is 17.3 Å². The molecule has 1 amide bonds. The van der Waals surface area contributed by atoms with E-state index in [9.17, 15) is 9.18 Å². The molecule has 160 valence electrons. The zero-order chi connectivity index (χ0) is 22.0. The molecule has 0 spiro atoms. The number of ether oxygens (including phenoxy) is 2. The molecular formula is C23H18BrClFNO3S. The molecule has 1 aliphatic rings. The zero-order valence-electron chi connectivity index (χ0n) is 16.5. The van der Waals surface area contributed by atoms with Gasteiger partial charge in [-0.1, -0.05) is 29.8 Å². The summed E-state index contributed by atoms with van der Waals surface area (Å²) in [6, 6.07) is 17.4. The van der Waals surface area contributed by atoms with Crippen LogP contribution in [0.25, 0.3) is 0 Å². The van der Waals surface area contributed by atoms with Crippen molar-refractivity contribution in [3.8, 4) is 11.5 Å². The third kappa shape index (κ3) is 4.68. The van der Waals surface area contributed by atoms with Gasteiger partial charge < -0.3 is 9.47 Å². The number of anilines is 1. The Bertz CT molecular complexity index is 1110. The van der Waals surface area contributed by atoms with E-state index in [1.54, 1.807) is 42.3 Å². The van der Waals surface area contributed by atoms with E-state index in [1.807, 2.05) is 24.3 Å². The molecular weight excluding hydrogens is 505 g/mol. The first-order valence-electron chi connectivity index (χ1n) is 9.41. The first kappa shape index (κ1) is 22.0. The summed E-state index contributed by atoms with van der Waals surface area (Å²) in [4.78, 5) is 14.4. The van der Waals surface area contributed by atoms with Gasteiger partial charge in [0.2, 0.25) is 5.91 Å². The molecule has 0 aliphatic carbocycles. The number of hydrogen-bond acceptors (Lipinski definition) is 4. The van der Waals surface area contributed by atoms with Crippen LogP contribution in [0, 0.1) is 5.82 Å². The average Bonchev–Trinajstić information content (AvgIpc) is 3.15. The molecule has 0 unspecified atom stereocenters. The van der Waals surface area contributed by atoms with Crippen LogP contribution in [0.1, 0.15) is 16.5 Å². The molecule has 8 heteroatoms. The number of nitrogens with zero attached hydrogens (tertiary/aromatic N) is 1. The van der Waals surface area contributed by atoms with E-state index in [0.717, 1.165) is 11.3 Å². The number of benzene rings is 3. The smallest absolute Gasteiger partial charge is 0.238 e. The molecule has 1 atom stereocenters. The van der Waals surface area contributed by atoms with E-state index in [1.165, 1.54) is 17.8 Å². The maximum atomic E-state index is 13.9. The van der Waals surface area contributed by atoms with E-state index in [2.05, 4.69) is 15.9 Å². The molecule has 1 fully saturated rings. The van der Waals surface area contributed by atoms with E-state index in [0.29, 0.717) is 32.3 Å². The van der Waals surface area contributed by atoms with Crippen molar-refractivity contribution in [1.82, 2.24) is 0 Å². The lowest BCUT2D eigenvalue weighted by Crippen LogP contribution is -2.27. The van der Waals surface area contributed by atoms with Crippen molar-refractivity contribution >= 4 is 50.9 Å². The normalized spacial score (nSPS) is 15.9. The minimum Gasteiger partial charge on any atom is -0.493 e. The number of rotatable bonds is 6. The fourth-order valence-corrected chi connectivity index (χ4v) is 5.20. The molecule has 4 nitrogen and oxygen atoms in total. The minimum atomic E-state index is -0.325. The van der Waals surface area contributed by atoms with E-state index >= 15 is 0 Å². The van der Waals surface area contributed by atoms with Crippen LogP contribution in [0.2, 0.25) is 5.02 Å². The minimum absolute atomic E-state index is 0.0206. The van der Waals surface area contributed by atoms with Gasteiger partial charge in [-0.2, -0.15) is 0 Å². The van der Waals surface area contributed by atoms with E-state index in [-0.39, 0.29) is 23.7 Å². The lowest BCUT2D eigenvalue weighted by molar-refractivity contribution is -0.115. The second-order valence-electron chi connectivity index (χ2n) is 6.82. The molecule has 1 saturated heterocycles. The van der Waals surface area contributed by atoms with Gasteiger partial charge in [0, 0.05) is 16.3 Å². The second-order valence-corrected chi connectivity index (χ2v) is 9.18. The Morgan fingerprint density at radius 1 is 1.19 bits per heavy atom. The zero-order valence-corrected chi connectivity index (χ0v) is 19.6. The molecule has 1 aliphatic heterocycles. The highest BCUT2D eigenvalue weighted by atomic mass is 79.9. The van der Waals surface area contributed by atoms with Crippen LogP contribution < -0.4 is 14.4 Å². The Labute approximate surface area is 197 Å². The Balaban J connectivity index is 1.63. The Morgan fingerprint density at radius 3 is 2.65 bits per heavy atom.